The molecule has 0 N–H and O–H groups in total. The van der Waals surface area contributed by atoms with Gasteiger partial charge in [-0.2, -0.15) is 0 Å². The van der Waals surface area contributed by atoms with Gasteiger partial charge >= 0.3 is 11.9 Å². The monoisotopic (exact) mass is 943 g/mol. The molecule has 0 radical (unpaired) electrons. The first-order valence-electron chi connectivity index (χ1n) is 28.4. The van der Waals surface area contributed by atoms with Crippen LogP contribution in [0.1, 0.15) is 252 Å². The number of allylic oxidation sites excluding steroid dienone is 17. The molecule has 0 fully saturated rings. The molecule has 0 saturated carbocycles. The van der Waals surface area contributed by atoms with Crippen molar-refractivity contribution in [3.05, 3.63) is 109 Å². The third kappa shape index (κ3) is 55.2. The zero-order valence-corrected chi connectivity index (χ0v) is 44.6. The number of unbranched alkanes of at least 4 members (excludes halogenated alkanes) is 23. The van der Waals surface area contributed by atoms with Crippen LogP contribution in [-0.2, 0) is 23.8 Å². The number of carbonyl (C=O) groups excluding carboxylic acids is 2. The van der Waals surface area contributed by atoms with Crippen LogP contribution in [0.5, 0.6) is 0 Å². The summed E-state index contributed by atoms with van der Waals surface area (Å²) in [5.41, 5.74) is 0. The zero-order valence-electron chi connectivity index (χ0n) is 44.6. The van der Waals surface area contributed by atoms with Crippen LogP contribution in [0, 0.1) is 0 Å². The van der Waals surface area contributed by atoms with E-state index in [0.29, 0.717) is 13.0 Å². The van der Waals surface area contributed by atoms with Crippen molar-refractivity contribution >= 4 is 11.9 Å². The Hall–Kier alpha value is -3.44. The van der Waals surface area contributed by atoms with Crippen molar-refractivity contribution < 1.29 is 23.8 Å². The molecule has 0 saturated heterocycles. The van der Waals surface area contributed by atoms with Crippen LogP contribution in [-0.4, -0.2) is 37.9 Å². The molecular weight excluding hydrogens is 837 g/mol. The van der Waals surface area contributed by atoms with Gasteiger partial charge in [-0.3, -0.25) is 9.59 Å². The summed E-state index contributed by atoms with van der Waals surface area (Å²) >= 11 is 0. The van der Waals surface area contributed by atoms with E-state index in [1.165, 1.54) is 135 Å². The Kier molecular flexibility index (Phi) is 54.9. The summed E-state index contributed by atoms with van der Waals surface area (Å²) in [4.78, 5) is 25.4. The van der Waals surface area contributed by atoms with Gasteiger partial charge in [0, 0.05) is 13.0 Å². The number of carbonyl (C=O) groups is 2. The lowest BCUT2D eigenvalue weighted by atomic mass is 10.1. The van der Waals surface area contributed by atoms with Crippen molar-refractivity contribution in [2.45, 2.75) is 258 Å². The fourth-order valence-corrected chi connectivity index (χ4v) is 7.59. The third-order valence-corrected chi connectivity index (χ3v) is 11.8. The van der Waals surface area contributed by atoms with Gasteiger partial charge in [-0.25, -0.2) is 0 Å². The Bertz CT molecular complexity index is 1340. The molecule has 0 aromatic rings. The highest BCUT2D eigenvalue weighted by molar-refractivity contribution is 5.71. The SMILES string of the molecule is CC/C=C\C/C=C\C/C=C\C/C=C\C/C=C\CC(=O)OC(COCCCCCCCCCCCC/C=C\C/C=C\CCCCC)COC(=O)CCCCCCCCC/C=C\C/C=C\CCCCC. The van der Waals surface area contributed by atoms with Crippen LogP contribution in [0.3, 0.4) is 0 Å². The summed E-state index contributed by atoms with van der Waals surface area (Å²) < 4.78 is 17.4. The third-order valence-electron chi connectivity index (χ3n) is 11.8. The van der Waals surface area contributed by atoms with Crippen LogP contribution in [0.2, 0.25) is 0 Å². The van der Waals surface area contributed by atoms with Crippen LogP contribution in [0.25, 0.3) is 0 Å². The first-order valence-corrected chi connectivity index (χ1v) is 28.4. The minimum atomic E-state index is -0.602. The number of ether oxygens (including phenoxy) is 3. The highest BCUT2D eigenvalue weighted by Crippen LogP contribution is 2.14. The highest BCUT2D eigenvalue weighted by Gasteiger charge is 2.17. The van der Waals surface area contributed by atoms with Gasteiger partial charge in [-0.05, 0) is 109 Å². The first kappa shape index (κ1) is 64.6. The zero-order chi connectivity index (χ0) is 49.2. The van der Waals surface area contributed by atoms with E-state index in [1.54, 1.807) is 0 Å². The Morgan fingerprint density at radius 2 is 0.706 bits per heavy atom. The van der Waals surface area contributed by atoms with Crippen LogP contribution in [0.15, 0.2) is 109 Å². The Labute approximate surface area is 421 Å². The lowest BCUT2D eigenvalue weighted by Crippen LogP contribution is -2.29. The molecule has 0 aliphatic carbocycles. The van der Waals surface area contributed by atoms with Gasteiger partial charge in [-0.1, -0.05) is 239 Å². The second kappa shape index (κ2) is 57.9. The molecule has 5 nitrogen and oxygen atoms in total. The molecule has 1 unspecified atom stereocenters. The molecule has 0 aromatic heterocycles. The van der Waals surface area contributed by atoms with Crippen LogP contribution in [0.4, 0.5) is 0 Å². The first-order chi connectivity index (χ1) is 33.6. The van der Waals surface area contributed by atoms with Gasteiger partial charge < -0.3 is 14.2 Å². The van der Waals surface area contributed by atoms with E-state index >= 15 is 0 Å². The largest absolute Gasteiger partial charge is 0.462 e. The predicted octanol–water partition coefficient (Wildman–Crippen LogP) is 19.6. The summed E-state index contributed by atoms with van der Waals surface area (Å²) in [6.07, 6.45) is 79.9. The van der Waals surface area contributed by atoms with Gasteiger partial charge in [-0.15, -0.1) is 0 Å². The van der Waals surface area contributed by atoms with E-state index in [9.17, 15) is 9.59 Å². The van der Waals surface area contributed by atoms with E-state index in [-0.39, 0.29) is 31.6 Å². The summed E-state index contributed by atoms with van der Waals surface area (Å²) in [6.45, 7) is 7.55. The predicted molar refractivity (Wildman–Crippen MR) is 297 cm³/mol. The summed E-state index contributed by atoms with van der Waals surface area (Å²) in [5.74, 6) is -0.554. The molecule has 0 aromatic carbocycles. The molecule has 0 spiro atoms. The maximum Gasteiger partial charge on any atom is 0.310 e. The quantitative estimate of drug-likeness (QED) is 0.0345. The van der Waals surface area contributed by atoms with Crippen molar-refractivity contribution in [1.29, 1.82) is 0 Å². The second-order valence-corrected chi connectivity index (χ2v) is 18.5. The lowest BCUT2D eigenvalue weighted by Gasteiger charge is -2.18. The Balaban J connectivity index is 4.39. The molecule has 0 amide bonds. The summed E-state index contributed by atoms with van der Waals surface area (Å²) in [6, 6.07) is 0. The minimum absolute atomic E-state index is 0.0352. The standard InChI is InChI=1S/C63H106O5/c1-4-7-10-13-16-19-22-25-28-30-31-32-34-37-40-43-46-49-52-55-58-66-59-61(68-63(65)57-54-51-48-45-42-39-35-27-24-21-18-15-12-9-6-3)60-67-62(64)56-53-50-47-44-41-38-36-33-29-26-23-20-17-14-11-8-5-2/h9,12,16-21,25-29,35,42,45,51,54,61H,4-8,10-11,13-15,22-24,30-34,36-41,43-44,46-50,52-53,55-60H2,1-3H3/b12-9-,19-16-,20-17-,21-18-,28-25-,29-26-,35-27-,45-42-,54-51-. The highest BCUT2D eigenvalue weighted by atomic mass is 16.6. The van der Waals surface area contributed by atoms with Crippen molar-refractivity contribution in [1.82, 2.24) is 0 Å². The number of esters is 2. The van der Waals surface area contributed by atoms with Gasteiger partial charge in [0.25, 0.3) is 0 Å². The Morgan fingerprint density at radius 3 is 1.13 bits per heavy atom. The topological polar surface area (TPSA) is 61.8 Å². The van der Waals surface area contributed by atoms with Crippen molar-refractivity contribution in [3.63, 3.8) is 0 Å². The van der Waals surface area contributed by atoms with Gasteiger partial charge in [0.1, 0.15) is 6.61 Å². The fraction of sp³-hybridized carbons (Fsp3) is 0.683. The fourth-order valence-electron chi connectivity index (χ4n) is 7.59. The Morgan fingerprint density at radius 1 is 0.353 bits per heavy atom. The van der Waals surface area contributed by atoms with E-state index in [0.717, 1.165) is 83.5 Å². The number of hydrogen-bond donors (Lipinski definition) is 0. The minimum Gasteiger partial charge on any atom is -0.462 e. The van der Waals surface area contributed by atoms with Crippen molar-refractivity contribution in [2.24, 2.45) is 0 Å². The summed E-state index contributed by atoms with van der Waals surface area (Å²) in [7, 11) is 0. The molecule has 68 heavy (non-hydrogen) atoms. The maximum absolute atomic E-state index is 12.8. The molecule has 0 rings (SSSR count). The van der Waals surface area contributed by atoms with Crippen LogP contribution < -0.4 is 0 Å². The normalized spacial score (nSPS) is 13.0. The molecule has 388 valence electrons. The summed E-state index contributed by atoms with van der Waals surface area (Å²) in [5, 5.41) is 0. The number of rotatable bonds is 51. The molecule has 0 bridgehead atoms. The number of hydrogen-bond acceptors (Lipinski definition) is 5. The molecule has 0 aliphatic heterocycles. The average Bonchev–Trinajstić information content (AvgIpc) is 3.34. The maximum atomic E-state index is 12.8. The molecule has 1 atom stereocenters. The average molecular weight is 944 g/mol. The van der Waals surface area contributed by atoms with E-state index in [2.05, 4.69) is 118 Å². The van der Waals surface area contributed by atoms with E-state index in [4.69, 9.17) is 14.2 Å². The van der Waals surface area contributed by atoms with Crippen molar-refractivity contribution in [3.8, 4) is 0 Å². The van der Waals surface area contributed by atoms with Crippen LogP contribution >= 0.6 is 0 Å². The van der Waals surface area contributed by atoms with E-state index in [1.807, 2.05) is 12.2 Å². The van der Waals surface area contributed by atoms with Gasteiger partial charge in [0.15, 0.2) is 6.10 Å². The molecule has 0 aliphatic rings. The smallest absolute Gasteiger partial charge is 0.310 e. The second-order valence-electron chi connectivity index (χ2n) is 18.5. The molecular formula is C63H106O5. The molecule has 5 heteroatoms. The van der Waals surface area contributed by atoms with Crippen molar-refractivity contribution in [2.75, 3.05) is 19.8 Å². The lowest BCUT2D eigenvalue weighted by molar-refractivity contribution is -0.162. The van der Waals surface area contributed by atoms with Gasteiger partial charge in [0.2, 0.25) is 0 Å². The van der Waals surface area contributed by atoms with Gasteiger partial charge in [0.05, 0.1) is 13.0 Å². The molecule has 0 heterocycles. The van der Waals surface area contributed by atoms with E-state index < -0.39 is 6.10 Å².